The van der Waals surface area contributed by atoms with Gasteiger partial charge in [0.15, 0.2) is 0 Å². The fourth-order valence-electron chi connectivity index (χ4n) is 0.383. The van der Waals surface area contributed by atoms with Crippen molar-refractivity contribution in [1.29, 1.82) is 0 Å². The Balaban J connectivity index is 3.43. The summed E-state index contributed by atoms with van der Waals surface area (Å²) in [5, 5.41) is 0.852. The highest BCUT2D eigenvalue weighted by molar-refractivity contribution is 9.09. The molecule has 56 valence electrons. The quantitative estimate of drug-likeness (QED) is 0.519. The molecule has 1 atom stereocenters. The molecule has 0 amide bonds. The maximum absolute atomic E-state index is 11.6. The third kappa shape index (κ3) is 5.25. The molecule has 0 spiro atoms. The molecule has 0 aromatic carbocycles. The molecule has 0 aliphatic heterocycles. The SMILES string of the molecule is CC(C)(CCBr)OPF. The van der Waals surface area contributed by atoms with Gasteiger partial charge >= 0.3 is 0 Å². The van der Waals surface area contributed by atoms with Crippen molar-refractivity contribution < 1.29 is 8.72 Å². The second kappa shape index (κ2) is 4.59. The third-order valence-corrected chi connectivity index (χ3v) is 2.04. The zero-order chi connectivity index (χ0) is 7.33. The molecule has 0 radical (unpaired) electrons. The van der Waals surface area contributed by atoms with Crippen LogP contribution in [0.5, 0.6) is 0 Å². The van der Waals surface area contributed by atoms with Crippen LogP contribution >= 0.6 is 25.0 Å². The van der Waals surface area contributed by atoms with Gasteiger partial charge < -0.3 is 4.52 Å². The third-order valence-electron chi connectivity index (χ3n) is 1.01. The minimum atomic E-state index is -0.902. The predicted octanol–water partition coefficient (Wildman–Crippen LogP) is 3.04. The summed E-state index contributed by atoms with van der Waals surface area (Å²) in [6.07, 6.45) is 0.837. The summed E-state index contributed by atoms with van der Waals surface area (Å²) in [5.74, 6) is 0. The minimum Gasteiger partial charge on any atom is -0.327 e. The molecule has 0 aromatic heterocycles. The lowest BCUT2D eigenvalue weighted by atomic mass is 10.1. The van der Waals surface area contributed by atoms with E-state index in [1.807, 2.05) is 13.8 Å². The summed E-state index contributed by atoms with van der Waals surface area (Å²) in [6.45, 7) is 3.75. The molecule has 0 fully saturated rings. The Kier molecular flexibility index (Phi) is 5.00. The van der Waals surface area contributed by atoms with Gasteiger partial charge in [-0.25, -0.2) is 0 Å². The Morgan fingerprint density at radius 3 is 2.56 bits per heavy atom. The van der Waals surface area contributed by atoms with Crippen LogP contribution in [0.2, 0.25) is 0 Å². The molecule has 0 bridgehead atoms. The molecule has 0 N–H and O–H groups in total. The first-order valence-corrected chi connectivity index (χ1v) is 4.63. The average molecular weight is 217 g/mol. The summed E-state index contributed by atoms with van der Waals surface area (Å²) in [7, 11) is -0.902. The van der Waals surface area contributed by atoms with Gasteiger partial charge in [0.1, 0.15) is 0 Å². The van der Waals surface area contributed by atoms with Crippen LogP contribution in [-0.2, 0) is 4.52 Å². The predicted molar refractivity (Wildman–Crippen MR) is 43.0 cm³/mol. The van der Waals surface area contributed by atoms with Crippen molar-refractivity contribution in [3.8, 4) is 0 Å². The number of halogens is 2. The molecular weight excluding hydrogens is 206 g/mol. The van der Waals surface area contributed by atoms with Crippen molar-refractivity contribution in [2.24, 2.45) is 0 Å². The Labute approximate surface area is 65.5 Å². The van der Waals surface area contributed by atoms with Crippen LogP contribution in [0.25, 0.3) is 0 Å². The normalized spacial score (nSPS) is 13.3. The topological polar surface area (TPSA) is 9.23 Å². The molecule has 9 heavy (non-hydrogen) atoms. The summed E-state index contributed by atoms with van der Waals surface area (Å²) in [5.41, 5.74) is -0.309. The van der Waals surface area contributed by atoms with Crippen molar-refractivity contribution >= 4 is 25.0 Å². The van der Waals surface area contributed by atoms with Gasteiger partial charge in [-0.15, -0.1) is 0 Å². The molecule has 0 saturated heterocycles. The lowest BCUT2D eigenvalue weighted by Crippen LogP contribution is -2.20. The van der Waals surface area contributed by atoms with Crippen LogP contribution < -0.4 is 0 Å². The zero-order valence-corrected chi connectivity index (χ0v) is 8.16. The van der Waals surface area contributed by atoms with Gasteiger partial charge in [0.2, 0.25) is 9.12 Å². The van der Waals surface area contributed by atoms with Crippen molar-refractivity contribution in [2.75, 3.05) is 5.33 Å². The van der Waals surface area contributed by atoms with E-state index in [4.69, 9.17) is 4.52 Å². The summed E-state index contributed by atoms with van der Waals surface area (Å²) in [4.78, 5) is 0. The van der Waals surface area contributed by atoms with Gasteiger partial charge in [-0.05, 0) is 20.3 Å². The second-order valence-electron chi connectivity index (χ2n) is 2.38. The van der Waals surface area contributed by atoms with Crippen LogP contribution in [0.15, 0.2) is 0 Å². The lowest BCUT2D eigenvalue weighted by molar-refractivity contribution is 0.123. The number of hydrogen-bond acceptors (Lipinski definition) is 1. The van der Waals surface area contributed by atoms with Gasteiger partial charge in [0, 0.05) is 5.33 Å². The first-order chi connectivity index (χ1) is 4.12. The van der Waals surface area contributed by atoms with Gasteiger partial charge in [0.05, 0.1) is 5.60 Å². The standard InChI is InChI=1S/C5H11BrFOP/c1-5(2,3-4-6)8-9-7/h9H,3-4H2,1-2H3. The number of rotatable bonds is 4. The molecule has 0 rings (SSSR count). The van der Waals surface area contributed by atoms with E-state index in [2.05, 4.69) is 15.9 Å². The van der Waals surface area contributed by atoms with Crippen molar-refractivity contribution in [3.63, 3.8) is 0 Å². The van der Waals surface area contributed by atoms with E-state index < -0.39 is 9.12 Å². The van der Waals surface area contributed by atoms with E-state index in [0.717, 1.165) is 11.8 Å². The fraction of sp³-hybridized carbons (Fsp3) is 1.00. The van der Waals surface area contributed by atoms with E-state index in [-0.39, 0.29) is 5.60 Å². The van der Waals surface area contributed by atoms with Gasteiger partial charge in [-0.1, -0.05) is 15.9 Å². The van der Waals surface area contributed by atoms with Gasteiger partial charge in [-0.2, -0.15) is 4.20 Å². The molecule has 0 aliphatic rings. The molecule has 4 heteroatoms. The van der Waals surface area contributed by atoms with Crippen LogP contribution in [0, 0.1) is 0 Å². The Morgan fingerprint density at radius 2 is 2.22 bits per heavy atom. The molecule has 0 heterocycles. The number of hydrogen-bond donors (Lipinski definition) is 0. The highest BCUT2D eigenvalue weighted by Gasteiger charge is 2.16. The average Bonchev–Trinajstić information content (AvgIpc) is 1.64. The van der Waals surface area contributed by atoms with Gasteiger partial charge in [0.25, 0.3) is 0 Å². The Hall–Kier alpha value is 0.800. The van der Waals surface area contributed by atoms with E-state index in [1.165, 1.54) is 0 Å². The maximum Gasteiger partial charge on any atom is 0.206 e. The van der Waals surface area contributed by atoms with E-state index in [1.54, 1.807) is 0 Å². The number of alkyl halides is 1. The fourth-order valence-corrected chi connectivity index (χ4v) is 1.65. The molecule has 0 aliphatic carbocycles. The molecule has 1 nitrogen and oxygen atoms in total. The van der Waals surface area contributed by atoms with Gasteiger partial charge in [-0.3, -0.25) is 0 Å². The monoisotopic (exact) mass is 216 g/mol. The molecule has 1 unspecified atom stereocenters. The van der Waals surface area contributed by atoms with Crippen molar-refractivity contribution in [2.45, 2.75) is 25.9 Å². The first-order valence-electron chi connectivity index (χ1n) is 2.72. The highest BCUT2D eigenvalue weighted by atomic mass is 79.9. The van der Waals surface area contributed by atoms with Crippen LogP contribution in [-0.4, -0.2) is 10.9 Å². The maximum atomic E-state index is 11.6. The lowest BCUT2D eigenvalue weighted by Gasteiger charge is -2.20. The minimum absolute atomic E-state index is 0.309. The van der Waals surface area contributed by atoms with E-state index >= 15 is 0 Å². The summed E-state index contributed by atoms with van der Waals surface area (Å²) in [6, 6.07) is 0. The molecular formula is C5H11BrFOP. The summed E-state index contributed by atoms with van der Waals surface area (Å²) < 4.78 is 16.4. The highest BCUT2D eigenvalue weighted by Crippen LogP contribution is 2.26. The van der Waals surface area contributed by atoms with Crippen molar-refractivity contribution in [1.82, 2.24) is 0 Å². The van der Waals surface area contributed by atoms with E-state index in [0.29, 0.717) is 0 Å². The first kappa shape index (κ1) is 9.80. The zero-order valence-electron chi connectivity index (χ0n) is 5.58. The molecule has 0 saturated carbocycles. The molecule has 0 aromatic rings. The Morgan fingerprint density at radius 1 is 1.67 bits per heavy atom. The van der Waals surface area contributed by atoms with Crippen LogP contribution in [0.4, 0.5) is 4.20 Å². The van der Waals surface area contributed by atoms with E-state index in [9.17, 15) is 4.20 Å². The second-order valence-corrected chi connectivity index (χ2v) is 3.53. The smallest absolute Gasteiger partial charge is 0.206 e. The Bertz CT molecular complexity index is 71.4. The van der Waals surface area contributed by atoms with Crippen molar-refractivity contribution in [3.05, 3.63) is 0 Å². The summed E-state index contributed by atoms with van der Waals surface area (Å²) >= 11 is 3.26. The largest absolute Gasteiger partial charge is 0.327 e. The van der Waals surface area contributed by atoms with Crippen LogP contribution in [0.1, 0.15) is 20.3 Å². The van der Waals surface area contributed by atoms with Crippen LogP contribution in [0.3, 0.4) is 0 Å².